The molecule has 166 valence electrons. The summed E-state index contributed by atoms with van der Waals surface area (Å²) >= 11 is 0. The van der Waals surface area contributed by atoms with Crippen molar-refractivity contribution in [3.8, 4) is 0 Å². The number of anilines is 1. The van der Waals surface area contributed by atoms with Crippen LogP contribution in [0.5, 0.6) is 0 Å². The number of nitrogens with one attached hydrogen (secondary N) is 2. The summed E-state index contributed by atoms with van der Waals surface area (Å²) in [5, 5.41) is 2.91. The first-order valence-electron chi connectivity index (χ1n) is 10.6. The molecule has 2 amide bonds. The van der Waals surface area contributed by atoms with Gasteiger partial charge in [0.15, 0.2) is 0 Å². The van der Waals surface area contributed by atoms with Crippen LogP contribution in [0.1, 0.15) is 48.5 Å². The minimum Gasteiger partial charge on any atom is -0.354 e. The lowest BCUT2D eigenvalue weighted by molar-refractivity contribution is -0.124. The Hall–Kier alpha value is -2.87. The zero-order valence-corrected chi connectivity index (χ0v) is 18.7. The lowest BCUT2D eigenvalue weighted by atomic mass is 10.1. The first-order valence-corrected chi connectivity index (χ1v) is 12.1. The van der Waals surface area contributed by atoms with E-state index in [0.717, 1.165) is 24.8 Å². The van der Waals surface area contributed by atoms with Gasteiger partial charge in [0.05, 0.1) is 4.90 Å². The number of likely N-dealkylation sites (tertiary alicyclic amines) is 1. The Balaban J connectivity index is 1.67. The Morgan fingerprint density at radius 1 is 1.06 bits per heavy atom. The second-order valence-electron chi connectivity index (χ2n) is 7.80. The van der Waals surface area contributed by atoms with E-state index in [4.69, 9.17) is 0 Å². The fourth-order valence-corrected chi connectivity index (χ4v) is 4.63. The van der Waals surface area contributed by atoms with E-state index < -0.39 is 16.1 Å². The molecule has 0 bridgehead atoms. The fraction of sp³-hybridized carbons (Fsp3) is 0.391. The van der Waals surface area contributed by atoms with Crippen molar-refractivity contribution >= 4 is 27.5 Å². The molecular weight excluding hydrogens is 414 g/mol. The Morgan fingerprint density at radius 3 is 2.39 bits per heavy atom. The molecule has 1 aliphatic heterocycles. The van der Waals surface area contributed by atoms with Crippen molar-refractivity contribution in [1.29, 1.82) is 0 Å². The lowest BCUT2D eigenvalue weighted by Gasteiger charge is -2.24. The maximum atomic E-state index is 12.9. The van der Waals surface area contributed by atoms with E-state index >= 15 is 0 Å². The highest BCUT2D eigenvalue weighted by Gasteiger charge is 2.34. The predicted molar refractivity (Wildman–Crippen MR) is 120 cm³/mol. The van der Waals surface area contributed by atoms with Gasteiger partial charge in [-0.15, -0.1) is 0 Å². The van der Waals surface area contributed by atoms with Crippen LogP contribution in [0.15, 0.2) is 53.4 Å². The van der Waals surface area contributed by atoms with Crippen LogP contribution in [0.3, 0.4) is 0 Å². The molecule has 0 aromatic heterocycles. The molecule has 8 heteroatoms. The lowest BCUT2D eigenvalue weighted by Crippen LogP contribution is -2.46. The average Bonchev–Trinajstić information content (AvgIpc) is 3.24. The normalized spacial score (nSPS) is 16.2. The second kappa shape index (κ2) is 9.96. The van der Waals surface area contributed by atoms with Gasteiger partial charge in [-0.05, 0) is 62.6 Å². The van der Waals surface area contributed by atoms with Gasteiger partial charge in [0.1, 0.15) is 6.04 Å². The Morgan fingerprint density at radius 2 is 1.74 bits per heavy atom. The number of amides is 2. The molecule has 1 atom stereocenters. The van der Waals surface area contributed by atoms with E-state index in [0.29, 0.717) is 30.8 Å². The number of carbonyl (C=O) groups excluding carboxylic acids is 2. The van der Waals surface area contributed by atoms with Gasteiger partial charge in [-0.1, -0.05) is 31.0 Å². The van der Waals surface area contributed by atoms with Crippen LogP contribution in [0, 0.1) is 6.92 Å². The third-order valence-corrected chi connectivity index (χ3v) is 6.76. The first-order chi connectivity index (χ1) is 14.8. The molecule has 3 rings (SSSR count). The van der Waals surface area contributed by atoms with Crippen LogP contribution < -0.4 is 10.0 Å². The van der Waals surface area contributed by atoms with E-state index in [2.05, 4.69) is 17.0 Å². The molecule has 0 saturated carbocycles. The smallest absolute Gasteiger partial charge is 0.261 e. The molecule has 1 heterocycles. The van der Waals surface area contributed by atoms with E-state index in [1.54, 1.807) is 53.4 Å². The second-order valence-corrected chi connectivity index (χ2v) is 9.48. The summed E-state index contributed by atoms with van der Waals surface area (Å²) in [5.74, 6) is -0.331. The van der Waals surface area contributed by atoms with Gasteiger partial charge in [-0.25, -0.2) is 8.42 Å². The number of hydrogen-bond acceptors (Lipinski definition) is 4. The van der Waals surface area contributed by atoms with Crippen molar-refractivity contribution in [3.63, 3.8) is 0 Å². The number of rotatable bonds is 8. The van der Waals surface area contributed by atoms with Crippen LogP contribution in [-0.4, -0.2) is 44.3 Å². The zero-order valence-electron chi connectivity index (χ0n) is 17.9. The van der Waals surface area contributed by atoms with E-state index in [1.807, 2.05) is 6.92 Å². The van der Waals surface area contributed by atoms with Crippen molar-refractivity contribution in [2.24, 2.45) is 0 Å². The van der Waals surface area contributed by atoms with Crippen molar-refractivity contribution < 1.29 is 18.0 Å². The van der Waals surface area contributed by atoms with Crippen LogP contribution in [-0.2, 0) is 14.8 Å². The molecule has 0 aliphatic carbocycles. The van der Waals surface area contributed by atoms with Gasteiger partial charge in [0.2, 0.25) is 5.91 Å². The summed E-state index contributed by atoms with van der Waals surface area (Å²) in [5.41, 5.74) is 1.76. The third-order valence-electron chi connectivity index (χ3n) is 5.36. The quantitative estimate of drug-likeness (QED) is 0.612. The molecule has 2 aromatic rings. The minimum absolute atomic E-state index is 0.109. The Kier molecular flexibility index (Phi) is 7.33. The van der Waals surface area contributed by atoms with Gasteiger partial charge in [0, 0.05) is 24.3 Å². The van der Waals surface area contributed by atoms with Crippen LogP contribution in [0.25, 0.3) is 0 Å². The number of benzene rings is 2. The molecule has 31 heavy (non-hydrogen) atoms. The maximum Gasteiger partial charge on any atom is 0.261 e. The van der Waals surface area contributed by atoms with Gasteiger partial charge in [0.25, 0.3) is 15.9 Å². The average molecular weight is 444 g/mol. The molecule has 2 N–H and O–H groups in total. The van der Waals surface area contributed by atoms with Gasteiger partial charge in [-0.2, -0.15) is 0 Å². The van der Waals surface area contributed by atoms with Crippen molar-refractivity contribution in [3.05, 3.63) is 59.7 Å². The molecule has 2 aromatic carbocycles. The highest BCUT2D eigenvalue weighted by Crippen LogP contribution is 2.22. The molecule has 1 fully saturated rings. The van der Waals surface area contributed by atoms with Crippen LogP contribution in [0.4, 0.5) is 5.69 Å². The van der Waals surface area contributed by atoms with Gasteiger partial charge >= 0.3 is 0 Å². The number of carbonyl (C=O) groups is 2. The molecular formula is C23H29N3O4S. The number of sulfonamides is 1. The van der Waals surface area contributed by atoms with Crippen molar-refractivity contribution in [2.75, 3.05) is 17.8 Å². The summed E-state index contributed by atoms with van der Waals surface area (Å²) in [4.78, 5) is 27.2. The number of nitrogens with zero attached hydrogens (tertiary/aromatic N) is 1. The van der Waals surface area contributed by atoms with Gasteiger partial charge in [-0.3, -0.25) is 14.3 Å². The summed E-state index contributed by atoms with van der Waals surface area (Å²) in [6.07, 6.45) is 3.34. The number of hydrogen-bond donors (Lipinski definition) is 2. The molecule has 7 nitrogen and oxygen atoms in total. The SMILES string of the molecule is CCCCNC(=O)[C@@H]1CCCN1C(=O)c1ccc(NS(=O)(=O)c2ccc(C)cc2)cc1. The monoisotopic (exact) mass is 443 g/mol. The van der Waals surface area contributed by atoms with E-state index in [1.165, 1.54) is 0 Å². The third kappa shape index (κ3) is 5.64. The van der Waals surface area contributed by atoms with Gasteiger partial charge < -0.3 is 10.2 Å². The van der Waals surface area contributed by atoms with E-state index in [-0.39, 0.29) is 16.7 Å². The van der Waals surface area contributed by atoms with Crippen molar-refractivity contribution in [2.45, 2.75) is 50.5 Å². The first kappa shape index (κ1) is 22.8. The summed E-state index contributed by atoms with van der Waals surface area (Å²) in [6.45, 7) is 5.09. The summed E-state index contributed by atoms with van der Waals surface area (Å²) in [6, 6.07) is 12.4. The molecule has 0 unspecified atom stereocenters. The molecule has 0 spiro atoms. The standard InChI is InChI=1S/C23H29N3O4S/c1-3-4-15-24-22(27)21-6-5-16-26(21)23(28)18-9-11-19(12-10-18)25-31(29,30)20-13-7-17(2)8-14-20/h7-14,21,25H,3-6,15-16H2,1-2H3,(H,24,27)/t21-/m0/s1. The number of aryl methyl sites for hydroxylation is 1. The highest BCUT2D eigenvalue weighted by molar-refractivity contribution is 7.92. The Labute approximate surface area is 183 Å². The summed E-state index contributed by atoms with van der Waals surface area (Å²) < 4.78 is 27.6. The molecule has 0 radical (unpaired) electrons. The van der Waals surface area contributed by atoms with E-state index in [9.17, 15) is 18.0 Å². The predicted octanol–water partition coefficient (Wildman–Crippen LogP) is 3.32. The maximum absolute atomic E-state index is 12.9. The Bertz CT molecular complexity index is 1020. The largest absolute Gasteiger partial charge is 0.354 e. The minimum atomic E-state index is -3.71. The van der Waals surface area contributed by atoms with Crippen molar-refractivity contribution in [1.82, 2.24) is 10.2 Å². The summed E-state index contributed by atoms with van der Waals surface area (Å²) in [7, 11) is -3.71. The van der Waals surface area contributed by atoms with Crippen LogP contribution in [0.2, 0.25) is 0 Å². The number of unbranched alkanes of at least 4 members (excludes halogenated alkanes) is 1. The zero-order chi connectivity index (χ0) is 22.4. The highest BCUT2D eigenvalue weighted by atomic mass is 32.2. The topological polar surface area (TPSA) is 95.6 Å². The molecule has 1 aliphatic rings. The fourth-order valence-electron chi connectivity index (χ4n) is 3.57. The molecule has 1 saturated heterocycles. The van der Waals surface area contributed by atoms with Crippen LogP contribution >= 0.6 is 0 Å².